The molecule has 0 bridgehead atoms. The van der Waals surface area contributed by atoms with Gasteiger partial charge in [0.15, 0.2) is 0 Å². The molecular formula is C11H23NO. The van der Waals surface area contributed by atoms with Gasteiger partial charge in [0.2, 0.25) is 0 Å². The standard InChI is InChI=1S/C11H23NO/c1-2-3-4-5-6-7-8-9-11(13)10-12/h8-9,11,13H,2-7,10,12H2,1H3. The second-order valence-corrected chi connectivity index (χ2v) is 3.43. The fraction of sp³-hybridized carbons (Fsp3) is 0.818. The molecule has 78 valence electrons. The van der Waals surface area contributed by atoms with Crippen LogP contribution in [0.15, 0.2) is 12.2 Å². The summed E-state index contributed by atoms with van der Waals surface area (Å²) < 4.78 is 0. The van der Waals surface area contributed by atoms with Crippen LogP contribution in [0.5, 0.6) is 0 Å². The number of aliphatic hydroxyl groups is 1. The maximum absolute atomic E-state index is 9.09. The van der Waals surface area contributed by atoms with Crippen molar-refractivity contribution in [1.82, 2.24) is 0 Å². The maximum atomic E-state index is 9.09. The predicted octanol–water partition coefficient (Wildman–Crippen LogP) is 2.22. The molecule has 0 heterocycles. The van der Waals surface area contributed by atoms with E-state index in [1.54, 1.807) is 6.08 Å². The van der Waals surface area contributed by atoms with Crippen molar-refractivity contribution in [2.45, 2.75) is 51.6 Å². The average molecular weight is 185 g/mol. The largest absolute Gasteiger partial charge is 0.388 e. The minimum absolute atomic E-state index is 0.326. The Morgan fingerprint density at radius 1 is 1.23 bits per heavy atom. The van der Waals surface area contributed by atoms with Crippen molar-refractivity contribution in [2.75, 3.05) is 6.54 Å². The number of hydrogen-bond acceptors (Lipinski definition) is 2. The molecule has 0 aromatic carbocycles. The Bertz CT molecular complexity index is 123. The highest BCUT2D eigenvalue weighted by Crippen LogP contribution is 2.05. The molecule has 0 aliphatic rings. The second-order valence-electron chi connectivity index (χ2n) is 3.43. The summed E-state index contributed by atoms with van der Waals surface area (Å²) in [5.74, 6) is 0. The van der Waals surface area contributed by atoms with Crippen LogP contribution in [0.25, 0.3) is 0 Å². The molecule has 0 amide bonds. The summed E-state index contributed by atoms with van der Waals surface area (Å²) in [7, 11) is 0. The second kappa shape index (κ2) is 9.75. The van der Waals surface area contributed by atoms with E-state index in [2.05, 4.69) is 6.92 Å². The van der Waals surface area contributed by atoms with E-state index < -0.39 is 6.10 Å². The van der Waals surface area contributed by atoms with Gasteiger partial charge in [-0.25, -0.2) is 0 Å². The van der Waals surface area contributed by atoms with Crippen LogP contribution < -0.4 is 5.73 Å². The van der Waals surface area contributed by atoms with Crippen molar-refractivity contribution >= 4 is 0 Å². The van der Waals surface area contributed by atoms with Crippen molar-refractivity contribution in [3.63, 3.8) is 0 Å². The highest BCUT2D eigenvalue weighted by Gasteiger charge is 1.91. The van der Waals surface area contributed by atoms with Gasteiger partial charge in [-0.1, -0.05) is 44.8 Å². The maximum Gasteiger partial charge on any atom is 0.0843 e. The number of hydrogen-bond donors (Lipinski definition) is 2. The monoisotopic (exact) mass is 185 g/mol. The summed E-state index contributed by atoms with van der Waals surface area (Å²) in [5, 5.41) is 9.09. The Morgan fingerprint density at radius 3 is 2.54 bits per heavy atom. The number of nitrogens with two attached hydrogens (primary N) is 1. The lowest BCUT2D eigenvalue weighted by molar-refractivity contribution is 0.231. The fourth-order valence-corrected chi connectivity index (χ4v) is 1.20. The molecule has 3 N–H and O–H groups in total. The van der Waals surface area contributed by atoms with Gasteiger partial charge in [0.05, 0.1) is 6.10 Å². The van der Waals surface area contributed by atoms with Crippen LogP contribution in [0.3, 0.4) is 0 Å². The molecule has 0 spiro atoms. The van der Waals surface area contributed by atoms with Crippen LogP contribution in [0.1, 0.15) is 45.4 Å². The number of rotatable bonds is 8. The van der Waals surface area contributed by atoms with E-state index in [1.165, 1.54) is 32.1 Å². The molecule has 0 aromatic heterocycles. The van der Waals surface area contributed by atoms with Gasteiger partial charge in [-0.15, -0.1) is 0 Å². The van der Waals surface area contributed by atoms with Gasteiger partial charge in [0.1, 0.15) is 0 Å². The van der Waals surface area contributed by atoms with Crippen molar-refractivity contribution in [1.29, 1.82) is 0 Å². The molecule has 2 nitrogen and oxygen atoms in total. The van der Waals surface area contributed by atoms with Crippen molar-refractivity contribution in [2.24, 2.45) is 5.73 Å². The first-order chi connectivity index (χ1) is 6.31. The summed E-state index contributed by atoms with van der Waals surface area (Å²) in [4.78, 5) is 0. The molecule has 2 heteroatoms. The molecule has 0 saturated heterocycles. The minimum atomic E-state index is -0.448. The lowest BCUT2D eigenvalue weighted by Crippen LogP contribution is -2.16. The Labute approximate surface area is 81.8 Å². The Kier molecular flexibility index (Phi) is 9.49. The van der Waals surface area contributed by atoms with Crippen molar-refractivity contribution in [3.8, 4) is 0 Å². The number of unbranched alkanes of at least 4 members (excludes halogenated alkanes) is 5. The van der Waals surface area contributed by atoms with E-state index in [1.807, 2.05) is 6.08 Å². The summed E-state index contributed by atoms with van der Waals surface area (Å²) in [6.45, 7) is 2.55. The summed E-state index contributed by atoms with van der Waals surface area (Å²) in [6.07, 6.45) is 10.9. The first-order valence-corrected chi connectivity index (χ1v) is 5.36. The molecule has 1 unspecified atom stereocenters. The predicted molar refractivity (Wildman–Crippen MR) is 57.6 cm³/mol. The van der Waals surface area contributed by atoms with Crippen LogP contribution in [0, 0.1) is 0 Å². The Hall–Kier alpha value is -0.340. The van der Waals surface area contributed by atoms with Gasteiger partial charge in [0.25, 0.3) is 0 Å². The highest BCUT2D eigenvalue weighted by atomic mass is 16.3. The van der Waals surface area contributed by atoms with E-state index in [0.29, 0.717) is 6.54 Å². The smallest absolute Gasteiger partial charge is 0.0843 e. The average Bonchev–Trinajstić information content (AvgIpc) is 2.16. The van der Waals surface area contributed by atoms with Crippen LogP contribution in [-0.4, -0.2) is 17.8 Å². The number of aliphatic hydroxyl groups excluding tert-OH is 1. The van der Waals surface area contributed by atoms with E-state index in [4.69, 9.17) is 10.8 Å². The number of allylic oxidation sites excluding steroid dienone is 1. The minimum Gasteiger partial charge on any atom is -0.388 e. The third-order valence-electron chi connectivity index (χ3n) is 2.07. The lowest BCUT2D eigenvalue weighted by atomic mass is 10.1. The molecule has 0 rings (SSSR count). The molecule has 0 aliphatic heterocycles. The molecule has 0 aromatic rings. The van der Waals surface area contributed by atoms with Crippen LogP contribution in [0.4, 0.5) is 0 Å². The van der Waals surface area contributed by atoms with Gasteiger partial charge in [-0.05, 0) is 12.8 Å². The quantitative estimate of drug-likeness (QED) is 0.450. The van der Waals surface area contributed by atoms with E-state index in [9.17, 15) is 0 Å². The van der Waals surface area contributed by atoms with Gasteiger partial charge in [0, 0.05) is 6.54 Å². The van der Waals surface area contributed by atoms with Crippen LogP contribution in [-0.2, 0) is 0 Å². The van der Waals surface area contributed by atoms with Crippen LogP contribution >= 0.6 is 0 Å². The SMILES string of the molecule is CCCCCCCC=CC(O)CN. The molecule has 1 atom stereocenters. The Balaban J connectivity index is 3.10. The zero-order valence-electron chi connectivity index (χ0n) is 8.71. The van der Waals surface area contributed by atoms with Gasteiger partial charge >= 0.3 is 0 Å². The van der Waals surface area contributed by atoms with E-state index >= 15 is 0 Å². The van der Waals surface area contributed by atoms with Crippen molar-refractivity contribution < 1.29 is 5.11 Å². The lowest BCUT2D eigenvalue weighted by Gasteiger charge is -1.99. The summed E-state index contributed by atoms with van der Waals surface area (Å²) >= 11 is 0. The molecule has 0 aliphatic carbocycles. The highest BCUT2D eigenvalue weighted by molar-refractivity contribution is 4.88. The van der Waals surface area contributed by atoms with Gasteiger partial charge < -0.3 is 10.8 Å². The summed E-state index contributed by atoms with van der Waals surface area (Å²) in [5.41, 5.74) is 5.25. The molecular weight excluding hydrogens is 162 g/mol. The van der Waals surface area contributed by atoms with Gasteiger partial charge in [-0.3, -0.25) is 0 Å². The van der Waals surface area contributed by atoms with Gasteiger partial charge in [-0.2, -0.15) is 0 Å². The third kappa shape index (κ3) is 9.57. The Morgan fingerprint density at radius 2 is 1.92 bits per heavy atom. The molecule has 13 heavy (non-hydrogen) atoms. The van der Waals surface area contributed by atoms with Crippen LogP contribution in [0.2, 0.25) is 0 Å². The zero-order valence-corrected chi connectivity index (χ0v) is 8.71. The third-order valence-corrected chi connectivity index (χ3v) is 2.07. The summed E-state index contributed by atoms with van der Waals surface area (Å²) in [6, 6.07) is 0. The fourth-order valence-electron chi connectivity index (χ4n) is 1.20. The first-order valence-electron chi connectivity index (χ1n) is 5.36. The van der Waals surface area contributed by atoms with E-state index in [0.717, 1.165) is 6.42 Å². The topological polar surface area (TPSA) is 46.2 Å². The molecule has 0 saturated carbocycles. The normalized spacial score (nSPS) is 13.8. The molecule has 0 radical (unpaired) electrons. The zero-order chi connectivity index (χ0) is 9.94. The molecule has 0 fully saturated rings. The van der Waals surface area contributed by atoms with E-state index in [-0.39, 0.29) is 0 Å². The first kappa shape index (κ1) is 12.7. The van der Waals surface area contributed by atoms with Crippen molar-refractivity contribution in [3.05, 3.63) is 12.2 Å².